The van der Waals surface area contributed by atoms with Crippen LogP contribution in [0.1, 0.15) is 42.5 Å². The molecule has 2 aliphatic carbocycles. The summed E-state index contributed by atoms with van der Waals surface area (Å²) in [6, 6.07) is 9.34. The normalized spacial score (nSPS) is 16.8. The van der Waals surface area contributed by atoms with Crippen LogP contribution in [0.2, 0.25) is 5.02 Å². The minimum atomic E-state index is -0.764. The van der Waals surface area contributed by atoms with Crippen molar-refractivity contribution in [3.63, 3.8) is 0 Å². The van der Waals surface area contributed by atoms with Gasteiger partial charge in [-0.15, -0.1) is 11.3 Å². The van der Waals surface area contributed by atoms with E-state index in [4.69, 9.17) is 16.6 Å². The van der Waals surface area contributed by atoms with Crippen LogP contribution in [0.5, 0.6) is 0 Å². The van der Waals surface area contributed by atoms with Crippen LogP contribution >= 0.6 is 34.7 Å². The second-order valence-corrected chi connectivity index (χ2v) is 10.7. The number of thiophene rings is 1. The van der Waals surface area contributed by atoms with Gasteiger partial charge in [0.1, 0.15) is 10.4 Å². The van der Waals surface area contributed by atoms with Crippen LogP contribution < -0.4 is 10.9 Å². The van der Waals surface area contributed by atoms with Crippen LogP contribution in [0.15, 0.2) is 34.2 Å². The SMILES string of the molecule is N#CC1(NC(=O)CSc2nc3sc4c(c3c(=O)n2-c2ccc(Cl)cc2)CCC4)CCCC1. The molecule has 0 aliphatic heterocycles. The van der Waals surface area contributed by atoms with Gasteiger partial charge in [-0.2, -0.15) is 5.26 Å². The van der Waals surface area contributed by atoms with Crippen LogP contribution in [0.25, 0.3) is 15.9 Å². The third-order valence-electron chi connectivity index (χ3n) is 6.18. The van der Waals surface area contributed by atoms with Gasteiger partial charge in [-0.25, -0.2) is 4.98 Å². The monoisotopic (exact) mass is 484 g/mol. The van der Waals surface area contributed by atoms with Gasteiger partial charge < -0.3 is 5.32 Å². The first-order valence-electron chi connectivity index (χ1n) is 10.7. The Morgan fingerprint density at radius 2 is 2.00 bits per heavy atom. The number of thioether (sulfide) groups is 1. The number of rotatable bonds is 5. The van der Waals surface area contributed by atoms with Crippen LogP contribution in [0.3, 0.4) is 0 Å². The summed E-state index contributed by atoms with van der Waals surface area (Å²) in [5.74, 6) is -0.135. The van der Waals surface area contributed by atoms with E-state index < -0.39 is 5.54 Å². The molecular weight excluding hydrogens is 464 g/mol. The fourth-order valence-electron chi connectivity index (χ4n) is 4.62. The zero-order valence-corrected chi connectivity index (χ0v) is 19.7. The molecule has 1 amide bonds. The zero-order chi connectivity index (χ0) is 22.3. The van der Waals surface area contributed by atoms with Gasteiger partial charge in [0.15, 0.2) is 5.16 Å². The zero-order valence-electron chi connectivity index (χ0n) is 17.3. The van der Waals surface area contributed by atoms with Crippen molar-refractivity contribution in [2.45, 2.75) is 55.6 Å². The number of fused-ring (bicyclic) bond motifs is 3. The first-order valence-corrected chi connectivity index (χ1v) is 12.9. The number of amides is 1. The topological polar surface area (TPSA) is 87.8 Å². The molecule has 1 N–H and O–H groups in total. The smallest absolute Gasteiger partial charge is 0.267 e. The maximum atomic E-state index is 13.6. The Kier molecular flexibility index (Phi) is 5.74. The molecule has 1 saturated carbocycles. The number of nitrogens with zero attached hydrogens (tertiary/aromatic N) is 3. The van der Waals surface area contributed by atoms with Crippen LogP contribution in [-0.2, 0) is 17.6 Å². The largest absolute Gasteiger partial charge is 0.337 e. The Morgan fingerprint density at radius 1 is 1.25 bits per heavy atom. The van der Waals surface area contributed by atoms with Crippen molar-refractivity contribution in [3.8, 4) is 11.8 Å². The van der Waals surface area contributed by atoms with Gasteiger partial charge >= 0.3 is 0 Å². The molecule has 32 heavy (non-hydrogen) atoms. The molecule has 2 aromatic heterocycles. The number of hydrogen-bond acceptors (Lipinski definition) is 6. The molecule has 164 valence electrons. The third kappa shape index (κ3) is 3.83. The highest BCUT2D eigenvalue weighted by Gasteiger charge is 2.35. The van der Waals surface area contributed by atoms with E-state index in [1.54, 1.807) is 40.2 Å². The Morgan fingerprint density at radius 3 is 2.72 bits per heavy atom. The van der Waals surface area contributed by atoms with E-state index in [9.17, 15) is 14.9 Å². The van der Waals surface area contributed by atoms with Crippen LogP contribution in [-0.4, -0.2) is 26.8 Å². The number of carbonyl (C=O) groups is 1. The summed E-state index contributed by atoms with van der Waals surface area (Å²) in [5, 5.41) is 14.2. The fourth-order valence-corrected chi connectivity index (χ4v) is 6.86. The molecule has 0 spiro atoms. The highest BCUT2D eigenvalue weighted by molar-refractivity contribution is 7.99. The Bertz CT molecular complexity index is 1300. The third-order valence-corrected chi connectivity index (χ3v) is 8.55. The Balaban J connectivity index is 1.51. The van der Waals surface area contributed by atoms with Gasteiger partial charge in [-0.05, 0) is 74.8 Å². The van der Waals surface area contributed by atoms with Gasteiger partial charge in [0.05, 0.1) is 22.9 Å². The average Bonchev–Trinajstić information content (AvgIpc) is 3.50. The summed E-state index contributed by atoms with van der Waals surface area (Å²) in [6.07, 6.45) is 6.20. The lowest BCUT2D eigenvalue weighted by atomic mass is 10.0. The number of aromatic nitrogens is 2. The fraction of sp³-hybridized carbons (Fsp3) is 0.391. The van der Waals surface area contributed by atoms with Crippen molar-refractivity contribution in [3.05, 3.63) is 50.1 Å². The number of nitrogens with one attached hydrogen (secondary N) is 1. The van der Waals surface area contributed by atoms with Crippen LogP contribution in [0.4, 0.5) is 0 Å². The standard InChI is InChI=1S/C23H21ClN4O2S2/c24-14-6-8-15(9-7-14)28-21(30)19-16-4-3-5-17(16)32-20(19)26-22(28)31-12-18(29)27-23(13-25)10-1-2-11-23/h6-9H,1-5,10-12H2,(H,27,29). The van der Waals surface area contributed by atoms with E-state index in [-0.39, 0.29) is 17.2 Å². The van der Waals surface area contributed by atoms with Gasteiger partial charge in [0, 0.05) is 9.90 Å². The van der Waals surface area contributed by atoms with Crippen molar-refractivity contribution < 1.29 is 4.79 Å². The number of nitriles is 1. The lowest BCUT2D eigenvalue weighted by molar-refractivity contribution is -0.119. The second-order valence-electron chi connectivity index (χ2n) is 8.29. The average molecular weight is 485 g/mol. The molecule has 3 aromatic rings. The molecule has 0 saturated heterocycles. The quantitative estimate of drug-likeness (QED) is 0.421. The Hall–Kier alpha value is -2.34. The molecule has 0 unspecified atom stereocenters. The predicted octanol–water partition coefficient (Wildman–Crippen LogP) is 4.63. The summed E-state index contributed by atoms with van der Waals surface area (Å²) < 4.78 is 1.58. The first kappa shape index (κ1) is 21.5. The molecule has 9 heteroatoms. The number of aryl methyl sites for hydroxylation is 2. The molecule has 0 bridgehead atoms. The number of hydrogen-bond donors (Lipinski definition) is 1. The number of halogens is 1. The molecule has 0 radical (unpaired) electrons. The molecule has 5 rings (SSSR count). The summed E-state index contributed by atoms with van der Waals surface area (Å²) in [7, 11) is 0. The Labute approximate surface area is 198 Å². The highest BCUT2D eigenvalue weighted by atomic mass is 35.5. The van der Waals surface area contributed by atoms with Crippen molar-refractivity contribution in [1.29, 1.82) is 5.26 Å². The molecule has 6 nitrogen and oxygen atoms in total. The summed E-state index contributed by atoms with van der Waals surface area (Å²) in [6.45, 7) is 0. The summed E-state index contributed by atoms with van der Waals surface area (Å²) in [5.41, 5.74) is 0.916. The molecule has 1 aromatic carbocycles. The molecule has 1 fully saturated rings. The van der Waals surface area contributed by atoms with E-state index in [0.29, 0.717) is 34.1 Å². The van der Waals surface area contributed by atoms with Crippen molar-refractivity contribution in [2.24, 2.45) is 0 Å². The van der Waals surface area contributed by atoms with Gasteiger partial charge in [-0.1, -0.05) is 23.4 Å². The van der Waals surface area contributed by atoms with Crippen molar-refractivity contribution in [1.82, 2.24) is 14.9 Å². The van der Waals surface area contributed by atoms with Crippen molar-refractivity contribution in [2.75, 3.05) is 5.75 Å². The highest BCUT2D eigenvalue weighted by Crippen LogP contribution is 2.36. The summed E-state index contributed by atoms with van der Waals surface area (Å²) >= 11 is 8.86. The lowest BCUT2D eigenvalue weighted by Crippen LogP contribution is -2.45. The second kappa shape index (κ2) is 8.54. The predicted molar refractivity (Wildman–Crippen MR) is 128 cm³/mol. The van der Waals surface area contributed by atoms with E-state index in [1.807, 2.05) is 0 Å². The van der Waals surface area contributed by atoms with Gasteiger partial charge in [0.2, 0.25) is 5.91 Å². The van der Waals surface area contributed by atoms with E-state index >= 15 is 0 Å². The van der Waals surface area contributed by atoms with Crippen molar-refractivity contribution >= 4 is 50.8 Å². The van der Waals surface area contributed by atoms with E-state index in [1.165, 1.54) is 16.6 Å². The maximum absolute atomic E-state index is 13.6. The molecular formula is C23H21ClN4O2S2. The minimum Gasteiger partial charge on any atom is -0.337 e. The first-order chi connectivity index (χ1) is 15.5. The molecule has 2 aliphatic rings. The number of benzene rings is 1. The van der Waals surface area contributed by atoms with Gasteiger partial charge in [0.25, 0.3) is 5.56 Å². The van der Waals surface area contributed by atoms with Crippen LogP contribution in [0, 0.1) is 11.3 Å². The minimum absolute atomic E-state index is 0.0834. The summed E-state index contributed by atoms with van der Waals surface area (Å²) in [4.78, 5) is 33.1. The number of carbonyl (C=O) groups excluding carboxylic acids is 1. The lowest BCUT2D eigenvalue weighted by Gasteiger charge is -2.22. The molecule has 0 atom stereocenters. The maximum Gasteiger partial charge on any atom is 0.267 e. The van der Waals surface area contributed by atoms with E-state index in [2.05, 4.69) is 11.4 Å². The van der Waals surface area contributed by atoms with E-state index in [0.717, 1.165) is 42.5 Å². The molecule has 2 heterocycles. The van der Waals surface area contributed by atoms with Gasteiger partial charge in [-0.3, -0.25) is 14.2 Å².